The number of benzene rings is 2. The Balaban J connectivity index is 1.78. The fourth-order valence-electron chi connectivity index (χ4n) is 2.38. The van der Waals surface area contributed by atoms with Crippen LogP contribution in [0.1, 0.15) is 10.4 Å². The number of carbonyl (C=O) groups is 1. The minimum absolute atomic E-state index is 0.365. The van der Waals surface area contributed by atoms with E-state index >= 15 is 0 Å². The predicted molar refractivity (Wildman–Crippen MR) is 90.0 cm³/mol. The highest BCUT2D eigenvalue weighted by Crippen LogP contribution is 2.26. The van der Waals surface area contributed by atoms with Crippen molar-refractivity contribution in [3.8, 4) is 5.75 Å². The smallest absolute Gasteiger partial charge is 0.255 e. The zero-order valence-electron chi connectivity index (χ0n) is 13.4. The largest absolute Gasteiger partial charge is 0.491 e. The summed E-state index contributed by atoms with van der Waals surface area (Å²) in [5.41, 5.74) is 1.14. The molecule has 5 nitrogen and oxygen atoms in total. The molecule has 0 aliphatic heterocycles. The Hall–Kier alpha value is -2.93. The first kappa shape index (κ1) is 16.9. The molecule has 0 bridgehead atoms. The Labute approximate surface area is 142 Å². The van der Waals surface area contributed by atoms with Gasteiger partial charge in [0.2, 0.25) is 0 Å². The molecule has 0 aliphatic carbocycles. The minimum Gasteiger partial charge on any atom is -0.491 e. The van der Waals surface area contributed by atoms with Crippen molar-refractivity contribution in [2.75, 3.05) is 25.6 Å². The number of ether oxygens (including phenoxy) is 2. The lowest BCUT2D eigenvalue weighted by atomic mass is 10.2. The first-order valence-electron chi connectivity index (χ1n) is 7.58. The number of hydrogen-bond acceptors (Lipinski definition) is 3. The summed E-state index contributed by atoms with van der Waals surface area (Å²) in [7, 11) is 1.57. The van der Waals surface area contributed by atoms with Crippen molar-refractivity contribution in [3.63, 3.8) is 0 Å². The van der Waals surface area contributed by atoms with Gasteiger partial charge in [-0.2, -0.15) is 0 Å². The van der Waals surface area contributed by atoms with Crippen molar-refractivity contribution in [1.82, 2.24) is 4.98 Å². The zero-order chi connectivity index (χ0) is 17.8. The summed E-state index contributed by atoms with van der Waals surface area (Å²) < 4.78 is 37.1. The summed E-state index contributed by atoms with van der Waals surface area (Å²) in [4.78, 5) is 15.2. The maximum Gasteiger partial charge on any atom is 0.255 e. The molecule has 0 saturated heterocycles. The van der Waals surface area contributed by atoms with Crippen LogP contribution >= 0.6 is 0 Å². The Bertz CT molecular complexity index is 908. The van der Waals surface area contributed by atoms with Gasteiger partial charge in [-0.25, -0.2) is 8.78 Å². The Morgan fingerprint density at radius 3 is 2.76 bits per heavy atom. The van der Waals surface area contributed by atoms with E-state index in [9.17, 15) is 13.6 Å². The van der Waals surface area contributed by atoms with Crippen molar-refractivity contribution < 1.29 is 23.0 Å². The van der Waals surface area contributed by atoms with Crippen molar-refractivity contribution in [1.29, 1.82) is 0 Å². The number of nitrogens with one attached hydrogen (secondary N) is 2. The molecule has 2 N–H and O–H groups in total. The van der Waals surface area contributed by atoms with Crippen LogP contribution in [-0.4, -0.2) is 31.2 Å². The zero-order valence-corrected chi connectivity index (χ0v) is 13.4. The van der Waals surface area contributed by atoms with Crippen molar-refractivity contribution in [3.05, 3.63) is 59.8 Å². The number of hydrogen-bond donors (Lipinski definition) is 2. The summed E-state index contributed by atoms with van der Waals surface area (Å²) in [6, 6.07) is 8.75. The van der Waals surface area contributed by atoms with Gasteiger partial charge in [0.1, 0.15) is 12.4 Å². The molecule has 25 heavy (non-hydrogen) atoms. The second-order valence-corrected chi connectivity index (χ2v) is 5.34. The number of H-pyrrole nitrogens is 1. The van der Waals surface area contributed by atoms with E-state index in [-0.39, 0.29) is 5.91 Å². The lowest BCUT2D eigenvalue weighted by molar-refractivity contribution is 0.102. The number of carbonyl (C=O) groups excluding carboxylic acids is 1. The normalized spacial score (nSPS) is 10.8. The number of fused-ring (bicyclic) bond motifs is 1. The molecular formula is C18H16F2N2O3. The standard InChI is InChI=1S/C18H16F2N2O3/c1-24-5-6-25-12-4-2-3-11(7-12)18(23)22-17-10-21-16-9-15(20)14(19)8-13(16)17/h2-4,7-10,21H,5-6H2,1H3,(H,22,23). The van der Waals surface area contributed by atoms with Crippen LogP contribution in [0.15, 0.2) is 42.6 Å². The highest BCUT2D eigenvalue weighted by molar-refractivity contribution is 6.09. The third kappa shape index (κ3) is 3.77. The molecule has 0 aliphatic rings. The van der Waals surface area contributed by atoms with E-state index in [1.807, 2.05) is 0 Å². The highest BCUT2D eigenvalue weighted by Gasteiger charge is 2.13. The molecule has 0 fully saturated rings. The molecule has 0 atom stereocenters. The number of aromatic nitrogens is 1. The second kappa shape index (κ2) is 7.31. The Kier molecular flexibility index (Phi) is 4.95. The van der Waals surface area contributed by atoms with E-state index in [0.717, 1.165) is 12.1 Å². The van der Waals surface area contributed by atoms with Crippen LogP contribution in [-0.2, 0) is 4.74 Å². The number of methoxy groups -OCH3 is 1. The summed E-state index contributed by atoms with van der Waals surface area (Å²) in [5.74, 6) is -1.77. The Morgan fingerprint density at radius 1 is 1.16 bits per heavy atom. The summed E-state index contributed by atoms with van der Waals surface area (Å²) in [5, 5.41) is 3.07. The van der Waals surface area contributed by atoms with Gasteiger partial charge in [0.05, 0.1) is 17.8 Å². The maximum atomic E-state index is 13.4. The quantitative estimate of drug-likeness (QED) is 0.669. The molecule has 3 rings (SSSR count). The lowest BCUT2D eigenvalue weighted by Crippen LogP contribution is -2.12. The van der Waals surface area contributed by atoms with Gasteiger partial charge >= 0.3 is 0 Å². The minimum atomic E-state index is -0.976. The summed E-state index contributed by atoms with van der Waals surface area (Å²) in [6.07, 6.45) is 1.49. The Morgan fingerprint density at radius 2 is 1.96 bits per heavy atom. The molecule has 1 aromatic heterocycles. The molecule has 0 saturated carbocycles. The summed E-state index contributed by atoms with van der Waals surface area (Å²) in [6.45, 7) is 0.808. The highest BCUT2D eigenvalue weighted by atomic mass is 19.2. The second-order valence-electron chi connectivity index (χ2n) is 5.34. The topological polar surface area (TPSA) is 63.4 Å². The number of anilines is 1. The van der Waals surface area contributed by atoms with Crippen LogP contribution in [0, 0.1) is 11.6 Å². The maximum absolute atomic E-state index is 13.4. The molecule has 1 amide bonds. The SMILES string of the molecule is COCCOc1cccc(C(=O)Nc2c[nH]c3cc(F)c(F)cc23)c1. The van der Waals surface area contributed by atoms with Crippen LogP contribution < -0.4 is 10.1 Å². The van der Waals surface area contributed by atoms with Crippen LogP contribution in [0.2, 0.25) is 0 Å². The van der Waals surface area contributed by atoms with E-state index in [1.54, 1.807) is 31.4 Å². The van der Waals surface area contributed by atoms with Crippen molar-refractivity contribution in [2.24, 2.45) is 0 Å². The number of rotatable bonds is 6. The third-order valence-corrected chi connectivity index (χ3v) is 3.62. The van der Waals surface area contributed by atoms with Gasteiger partial charge in [-0.15, -0.1) is 0 Å². The first-order chi connectivity index (χ1) is 12.1. The average molecular weight is 346 g/mol. The molecule has 7 heteroatoms. The van der Waals surface area contributed by atoms with Crippen LogP contribution in [0.3, 0.4) is 0 Å². The van der Waals surface area contributed by atoms with Gasteiger partial charge < -0.3 is 19.8 Å². The van der Waals surface area contributed by atoms with Gasteiger partial charge in [0.25, 0.3) is 5.91 Å². The van der Waals surface area contributed by atoms with Crippen LogP contribution in [0.25, 0.3) is 10.9 Å². The van der Waals surface area contributed by atoms with Gasteiger partial charge in [-0.05, 0) is 24.3 Å². The molecular weight excluding hydrogens is 330 g/mol. The van der Waals surface area contributed by atoms with Crippen molar-refractivity contribution >= 4 is 22.5 Å². The molecule has 0 spiro atoms. The third-order valence-electron chi connectivity index (χ3n) is 3.62. The number of halogens is 2. The molecule has 0 unspecified atom stereocenters. The summed E-state index contributed by atoms with van der Waals surface area (Å²) >= 11 is 0. The average Bonchev–Trinajstić information content (AvgIpc) is 2.97. The fraction of sp³-hybridized carbons (Fsp3) is 0.167. The van der Waals surface area contributed by atoms with E-state index in [0.29, 0.717) is 41.1 Å². The fourth-order valence-corrected chi connectivity index (χ4v) is 2.38. The van der Waals surface area contributed by atoms with E-state index in [1.165, 1.54) is 6.20 Å². The van der Waals surface area contributed by atoms with Gasteiger partial charge in [0, 0.05) is 30.3 Å². The van der Waals surface area contributed by atoms with Gasteiger partial charge in [-0.1, -0.05) is 6.07 Å². The van der Waals surface area contributed by atoms with Crippen LogP contribution in [0.5, 0.6) is 5.75 Å². The van der Waals surface area contributed by atoms with Gasteiger partial charge in [0.15, 0.2) is 11.6 Å². The molecule has 0 radical (unpaired) electrons. The molecule has 3 aromatic rings. The van der Waals surface area contributed by atoms with Crippen LogP contribution in [0.4, 0.5) is 14.5 Å². The molecule has 2 aromatic carbocycles. The molecule has 1 heterocycles. The van der Waals surface area contributed by atoms with Crippen molar-refractivity contribution in [2.45, 2.75) is 0 Å². The van der Waals surface area contributed by atoms with Gasteiger partial charge in [-0.3, -0.25) is 4.79 Å². The number of amides is 1. The monoisotopic (exact) mass is 346 g/mol. The van der Waals surface area contributed by atoms with E-state index in [2.05, 4.69) is 10.3 Å². The predicted octanol–water partition coefficient (Wildman–Crippen LogP) is 3.72. The molecule has 130 valence electrons. The first-order valence-corrected chi connectivity index (χ1v) is 7.58. The number of aromatic amines is 1. The lowest BCUT2D eigenvalue weighted by Gasteiger charge is -2.08. The van der Waals surface area contributed by atoms with E-state index < -0.39 is 11.6 Å². The van der Waals surface area contributed by atoms with E-state index in [4.69, 9.17) is 9.47 Å².